The Morgan fingerprint density at radius 2 is 0.900 bits per heavy atom. The molecule has 10 heavy (non-hydrogen) atoms. The molecule has 0 aliphatic rings. The summed E-state index contributed by atoms with van der Waals surface area (Å²) in [4.78, 5) is 0. The maximum absolute atomic E-state index is 8.52. The molecule has 6 nitrogen and oxygen atoms in total. The van der Waals surface area contributed by atoms with E-state index in [9.17, 15) is 0 Å². The molecular weight excluding hydrogens is 182 g/mol. The van der Waals surface area contributed by atoms with E-state index in [2.05, 4.69) is 0 Å². The van der Waals surface area contributed by atoms with E-state index in [1.807, 2.05) is 0 Å². The average molecular weight is 184 g/mol. The molecule has 0 spiro atoms. The molecule has 0 aliphatic carbocycles. The van der Waals surface area contributed by atoms with Crippen molar-refractivity contribution in [2.45, 2.75) is 0 Å². The van der Waals surface area contributed by atoms with Crippen molar-refractivity contribution in [1.29, 1.82) is 0 Å². The molecule has 0 radical (unpaired) electrons. The van der Waals surface area contributed by atoms with E-state index in [-0.39, 0.29) is 86.4 Å². The van der Waals surface area contributed by atoms with Gasteiger partial charge in [-0.15, -0.1) is 0 Å². The number of hydrogen-bond acceptors (Lipinski definition) is 6. The van der Waals surface area contributed by atoms with Gasteiger partial charge in [0.2, 0.25) is 0 Å². The molecule has 0 unspecified atom stereocenters. The van der Waals surface area contributed by atoms with Gasteiger partial charge in [-0.2, -0.15) is 0 Å². The Labute approximate surface area is 113 Å². The molecule has 0 aromatic rings. The van der Waals surface area contributed by atoms with Crippen LogP contribution in [0.5, 0.6) is 0 Å². The first kappa shape index (κ1) is 39.7. The van der Waals surface area contributed by atoms with Crippen LogP contribution in [0.3, 0.4) is 0 Å². The fourth-order valence-corrected chi connectivity index (χ4v) is 0. The summed E-state index contributed by atoms with van der Waals surface area (Å²) in [6, 6.07) is 0. The first-order valence-corrected chi connectivity index (χ1v) is 2.00. The largest absolute Gasteiger partial charge is 2.00 e. The van der Waals surface area contributed by atoms with Gasteiger partial charge >= 0.3 is 75.5 Å². The van der Waals surface area contributed by atoms with Gasteiger partial charge in [0.05, 0.1) is 0 Å². The molecule has 0 fully saturated rings. The van der Waals surface area contributed by atoms with E-state index in [0.717, 1.165) is 0 Å². The van der Waals surface area contributed by atoms with Gasteiger partial charge < -0.3 is 20.1 Å². The Balaban J connectivity index is -0.00000000800. The van der Waals surface area contributed by atoms with Crippen molar-refractivity contribution in [2.24, 2.45) is 0 Å². The second kappa shape index (κ2) is 17.4. The predicted octanol–water partition coefficient (Wildman–Crippen LogP) is -8.06. The Kier molecular flexibility index (Phi) is 68.9. The van der Waals surface area contributed by atoms with Gasteiger partial charge in [0.15, 0.2) is 0 Å². The summed E-state index contributed by atoms with van der Waals surface area (Å²) in [5.74, 6) is 0. The van der Waals surface area contributed by atoms with E-state index in [4.69, 9.17) is 17.5 Å². The smallest absolute Gasteiger partial charge is 0.870 e. The van der Waals surface area contributed by atoms with Crippen LogP contribution in [0.25, 0.3) is 0 Å². The minimum atomic E-state index is -5.17. The van der Waals surface area contributed by atoms with Crippen molar-refractivity contribution in [1.82, 2.24) is 0 Å². The van der Waals surface area contributed by atoms with E-state index in [0.29, 0.717) is 0 Å². The number of rotatable bonds is 0. The summed E-state index contributed by atoms with van der Waals surface area (Å²) in [6.07, 6.45) is 0. The third-order valence-corrected chi connectivity index (χ3v) is 0. The minimum Gasteiger partial charge on any atom is -0.870 e. The quantitative estimate of drug-likeness (QED) is 0.208. The fourth-order valence-electron chi connectivity index (χ4n) is 0. The summed E-state index contributed by atoms with van der Waals surface area (Å²) >= 11 is 0. The molecule has 0 aliphatic heterocycles. The molecule has 10 heteroatoms. The first-order chi connectivity index (χ1) is 2.00. The third kappa shape index (κ3) is 174. The van der Waals surface area contributed by atoms with E-state index < -0.39 is 10.4 Å². The van der Waals surface area contributed by atoms with Gasteiger partial charge in [-0.25, -0.2) is 0 Å². The zero-order valence-corrected chi connectivity index (χ0v) is 8.67. The molecule has 0 aromatic heterocycles. The molecule has 0 heterocycles. The van der Waals surface area contributed by atoms with Gasteiger partial charge in [0.25, 0.3) is 0 Å². The Hall–Kier alpha value is 2.24. The summed E-state index contributed by atoms with van der Waals surface area (Å²) in [5.41, 5.74) is 0. The molecule has 0 rings (SSSR count). The molecule has 0 saturated heterocycles. The molecular formula is H2CaLi2O6S. The fraction of sp³-hybridized carbons (Fsp3) is 0. The van der Waals surface area contributed by atoms with Crippen LogP contribution >= 0.6 is 0 Å². The van der Waals surface area contributed by atoms with Crippen LogP contribution < -0.4 is 37.7 Å². The third-order valence-electron chi connectivity index (χ3n) is 0. The average Bonchev–Trinajstić information content (AvgIpc) is 0.722. The molecule has 0 atom stereocenters. The minimum absolute atomic E-state index is 0. The van der Waals surface area contributed by atoms with Gasteiger partial charge in [-0.3, -0.25) is 8.42 Å². The molecule has 48 valence electrons. The number of hydrogen-bond donors (Lipinski definition) is 0. The van der Waals surface area contributed by atoms with Crippen LogP contribution in [0, 0.1) is 0 Å². The second-order valence-corrected chi connectivity index (χ2v) is 1.22. The monoisotopic (exact) mass is 184 g/mol. The van der Waals surface area contributed by atoms with Crippen LogP contribution in [0.15, 0.2) is 0 Å². The summed E-state index contributed by atoms with van der Waals surface area (Å²) < 4.78 is 34.1. The van der Waals surface area contributed by atoms with Crippen molar-refractivity contribution in [3.8, 4) is 0 Å². The van der Waals surface area contributed by atoms with Crippen molar-refractivity contribution in [3.05, 3.63) is 0 Å². The molecule has 2 N–H and O–H groups in total. The first-order valence-electron chi connectivity index (χ1n) is 0.667. The van der Waals surface area contributed by atoms with Gasteiger partial charge in [0, 0.05) is 10.4 Å². The maximum Gasteiger partial charge on any atom is 2.00 e. The van der Waals surface area contributed by atoms with Gasteiger partial charge in [-0.1, -0.05) is 0 Å². The van der Waals surface area contributed by atoms with Crippen molar-refractivity contribution >= 4 is 48.1 Å². The topological polar surface area (TPSA) is 140 Å². The summed E-state index contributed by atoms with van der Waals surface area (Å²) in [6.45, 7) is 0. The molecule has 0 saturated carbocycles. The van der Waals surface area contributed by atoms with Crippen molar-refractivity contribution in [3.63, 3.8) is 0 Å². The molecule has 0 aromatic carbocycles. The van der Waals surface area contributed by atoms with E-state index >= 15 is 0 Å². The SMILES string of the molecule is O=S(=O)([O-])[O-].[Ca+2].[Li+].[Li+].[OH-].[OH-]. The maximum atomic E-state index is 8.52. The van der Waals surface area contributed by atoms with Crippen LogP contribution in [0.1, 0.15) is 0 Å². The van der Waals surface area contributed by atoms with Crippen LogP contribution in [0.2, 0.25) is 0 Å². The Bertz CT molecular complexity index is 98.9. The second-order valence-electron chi connectivity index (χ2n) is 0.408. The van der Waals surface area contributed by atoms with E-state index in [1.54, 1.807) is 0 Å². The van der Waals surface area contributed by atoms with Crippen LogP contribution in [-0.2, 0) is 10.4 Å². The zero-order valence-electron chi connectivity index (χ0n) is 5.64. The van der Waals surface area contributed by atoms with Gasteiger partial charge in [-0.05, 0) is 0 Å². The summed E-state index contributed by atoms with van der Waals surface area (Å²) in [5, 5.41) is 0. The Morgan fingerprint density at radius 3 is 0.900 bits per heavy atom. The van der Waals surface area contributed by atoms with Crippen LogP contribution in [-0.4, -0.2) is 66.2 Å². The van der Waals surface area contributed by atoms with E-state index in [1.165, 1.54) is 0 Å². The molecule has 0 amide bonds. The molecule has 0 bridgehead atoms. The van der Waals surface area contributed by atoms with Crippen molar-refractivity contribution in [2.75, 3.05) is 0 Å². The normalized spacial score (nSPS) is 5.80. The standard InChI is InChI=1S/Ca.2Li.H2O4S.2H2O/c;;;1-5(2,3)4;;/h;;;(H2,1,2,3,4);2*1H2/q+2;2*+1;;;/p-4. The zero-order chi connectivity index (χ0) is 4.50. The summed E-state index contributed by atoms with van der Waals surface area (Å²) in [7, 11) is -5.17. The van der Waals surface area contributed by atoms with Crippen molar-refractivity contribution < 1.29 is 66.2 Å². The Morgan fingerprint density at radius 1 is 0.900 bits per heavy atom. The van der Waals surface area contributed by atoms with Crippen LogP contribution in [0.4, 0.5) is 0 Å². The predicted molar refractivity (Wildman–Crippen MR) is 20.1 cm³/mol. The van der Waals surface area contributed by atoms with Gasteiger partial charge in [0.1, 0.15) is 0 Å².